The molecule has 2 heterocycles. The smallest absolute Gasteiger partial charge is 0.261 e. The van der Waals surface area contributed by atoms with Gasteiger partial charge in [0.15, 0.2) is 0 Å². The van der Waals surface area contributed by atoms with Gasteiger partial charge in [-0.3, -0.25) is 4.79 Å². The number of carbonyl (C=O) groups is 1. The van der Waals surface area contributed by atoms with Crippen molar-refractivity contribution in [1.82, 2.24) is 10.3 Å². The highest BCUT2D eigenvalue weighted by Crippen LogP contribution is 2.23. The van der Waals surface area contributed by atoms with Gasteiger partial charge in [0.2, 0.25) is 0 Å². The molecule has 0 aliphatic carbocycles. The minimum atomic E-state index is -0.108. The molecule has 1 N–H and O–H groups in total. The predicted molar refractivity (Wildman–Crippen MR) is 91.6 cm³/mol. The third kappa shape index (κ3) is 3.68. The van der Waals surface area contributed by atoms with Crippen molar-refractivity contribution in [3.63, 3.8) is 0 Å². The Labute approximate surface area is 138 Å². The summed E-state index contributed by atoms with van der Waals surface area (Å²) >= 11 is 1.38. The molecule has 0 unspecified atom stereocenters. The molecule has 0 saturated carbocycles. The SMILES string of the molecule is C#CCOc1cccc(CNC(=O)c2cc3cccnc3s2)c1. The second kappa shape index (κ2) is 6.95. The number of thiophene rings is 1. The van der Waals surface area contributed by atoms with Crippen LogP contribution >= 0.6 is 11.3 Å². The number of pyridine rings is 1. The molecule has 5 heteroatoms. The summed E-state index contributed by atoms with van der Waals surface area (Å²) in [5.41, 5.74) is 0.951. The summed E-state index contributed by atoms with van der Waals surface area (Å²) in [6.45, 7) is 0.651. The first-order valence-electron chi connectivity index (χ1n) is 7.04. The number of amides is 1. The summed E-state index contributed by atoms with van der Waals surface area (Å²) in [7, 11) is 0. The summed E-state index contributed by atoms with van der Waals surface area (Å²) < 4.78 is 5.37. The van der Waals surface area contributed by atoms with Gasteiger partial charge < -0.3 is 10.1 Å². The van der Waals surface area contributed by atoms with E-state index in [9.17, 15) is 4.79 Å². The third-order valence-corrected chi connectivity index (χ3v) is 4.25. The fourth-order valence-corrected chi connectivity index (χ4v) is 3.04. The van der Waals surface area contributed by atoms with Crippen LogP contribution in [0.2, 0.25) is 0 Å². The first-order chi connectivity index (χ1) is 11.3. The standard InChI is InChI=1S/C18H14N2O2S/c1-2-9-22-15-7-3-5-13(10-15)12-20-17(21)16-11-14-6-4-8-19-18(14)23-16/h1,3-8,10-11H,9,12H2,(H,20,21). The van der Waals surface area contributed by atoms with Gasteiger partial charge >= 0.3 is 0 Å². The zero-order valence-corrected chi connectivity index (χ0v) is 13.1. The second-order valence-electron chi connectivity index (χ2n) is 4.83. The molecule has 1 aromatic carbocycles. The van der Waals surface area contributed by atoms with Crippen molar-refractivity contribution in [2.24, 2.45) is 0 Å². The molecule has 0 aliphatic rings. The number of rotatable bonds is 5. The Kier molecular flexibility index (Phi) is 4.55. The van der Waals surface area contributed by atoms with Crippen molar-refractivity contribution >= 4 is 27.5 Å². The Morgan fingerprint density at radius 1 is 1.30 bits per heavy atom. The van der Waals surface area contributed by atoms with E-state index in [1.807, 2.05) is 42.5 Å². The number of nitrogens with zero attached hydrogens (tertiary/aromatic N) is 1. The van der Waals surface area contributed by atoms with Crippen molar-refractivity contribution in [2.75, 3.05) is 6.61 Å². The number of carbonyl (C=O) groups excluding carboxylic acids is 1. The lowest BCUT2D eigenvalue weighted by atomic mass is 10.2. The lowest BCUT2D eigenvalue weighted by Gasteiger charge is -2.06. The maximum atomic E-state index is 12.3. The Balaban J connectivity index is 1.65. The van der Waals surface area contributed by atoms with Gasteiger partial charge in [-0.25, -0.2) is 4.98 Å². The number of hydrogen-bond donors (Lipinski definition) is 1. The van der Waals surface area contributed by atoms with Crippen LogP contribution in [0.3, 0.4) is 0 Å². The number of hydrogen-bond acceptors (Lipinski definition) is 4. The van der Waals surface area contributed by atoms with Gasteiger partial charge in [0.25, 0.3) is 5.91 Å². The van der Waals surface area contributed by atoms with Crippen LogP contribution < -0.4 is 10.1 Å². The average molecular weight is 322 g/mol. The molecular weight excluding hydrogens is 308 g/mol. The summed E-state index contributed by atoms with van der Waals surface area (Å²) in [5.74, 6) is 3.01. The Hall–Kier alpha value is -2.84. The van der Waals surface area contributed by atoms with E-state index in [1.54, 1.807) is 6.20 Å². The molecule has 4 nitrogen and oxygen atoms in total. The first kappa shape index (κ1) is 15.1. The van der Waals surface area contributed by atoms with Gasteiger partial charge in [0, 0.05) is 18.1 Å². The van der Waals surface area contributed by atoms with Crippen LogP contribution in [0.1, 0.15) is 15.2 Å². The molecule has 0 saturated heterocycles. The third-order valence-electron chi connectivity index (χ3n) is 3.19. The molecule has 23 heavy (non-hydrogen) atoms. The zero-order valence-electron chi connectivity index (χ0n) is 12.3. The van der Waals surface area contributed by atoms with Gasteiger partial charge in [-0.05, 0) is 29.8 Å². The highest BCUT2D eigenvalue weighted by molar-refractivity contribution is 7.20. The Morgan fingerprint density at radius 2 is 2.22 bits per heavy atom. The number of ether oxygens (including phenoxy) is 1. The molecule has 3 aromatic rings. The van der Waals surface area contributed by atoms with Gasteiger partial charge in [-0.2, -0.15) is 0 Å². The minimum absolute atomic E-state index is 0.108. The van der Waals surface area contributed by atoms with Crippen molar-refractivity contribution in [3.8, 4) is 18.1 Å². The summed E-state index contributed by atoms with van der Waals surface area (Å²) in [6, 6.07) is 13.2. The van der Waals surface area contributed by atoms with Gasteiger partial charge in [0.1, 0.15) is 17.2 Å². The van der Waals surface area contributed by atoms with Crippen LogP contribution in [0, 0.1) is 12.3 Å². The molecular formula is C18H14N2O2S. The van der Waals surface area contributed by atoms with E-state index in [0.29, 0.717) is 17.2 Å². The molecule has 0 radical (unpaired) electrons. The van der Waals surface area contributed by atoms with Gasteiger partial charge in [-0.15, -0.1) is 17.8 Å². The van der Waals surface area contributed by atoms with Crippen LogP contribution in [-0.4, -0.2) is 17.5 Å². The van der Waals surface area contributed by atoms with E-state index < -0.39 is 0 Å². The number of aromatic nitrogens is 1. The molecule has 1 amide bonds. The number of fused-ring (bicyclic) bond motifs is 1. The average Bonchev–Trinajstić information content (AvgIpc) is 3.02. The Morgan fingerprint density at radius 3 is 3.04 bits per heavy atom. The van der Waals surface area contributed by atoms with Crippen LogP contribution in [0.4, 0.5) is 0 Å². The zero-order chi connectivity index (χ0) is 16.1. The van der Waals surface area contributed by atoms with Crippen LogP contribution in [0.5, 0.6) is 5.75 Å². The molecule has 0 aliphatic heterocycles. The van der Waals surface area contributed by atoms with E-state index in [-0.39, 0.29) is 12.5 Å². The summed E-state index contributed by atoms with van der Waals surface area (Å²) in [5, 5.41) is 3.89. The lowest BCUT2D eigenvalue weighted by Crippen LogP contribution is -2.21. The van der Waals surface area contributed by atoms with Crippen LogP contribution in [0.15, 0.2) is 48.7 Å². The molecule has 0 bridgehead atoms. The molecule has 0 spiro atoms. The molecule has 3 rings (SSSR count). The quantitative estimate of drug-likeness (QED) is 0.734. The topological polar surface area (TPSA) is 51.2 Å². The fourth-order valence-electron chi connectivity index (χ4n) is 2.12. The van der Waals surface area contributed by atoms with Crippen molar-refractivity contribution < 1.29 is 9.53 Å². The van der Waals surface area contributed by atoms with E-state index in [2.05, 4.69) is 16.2 Å². The highest BCUT2D eigenvalue weighted by Gasteiger charge is 2.10. The van der Waals surface area contributed by atoms with E-state index >= 15 is 0 Å². The molecule has 2 aromatic heterocycles. The van der Waals surface area contributed by atoms with E-state index in [0.717, 1.165) is 15.8 Å². The van der Waals surface area contributed by atoms with Crippen molar-refractivity contribution in [3.05, 3.63) is 59.1 Å². The number of terminal acetylenes is 1. The lowest BCUT2D eigenvalue weighted by molar-refractivity contribution is 0.0955. The van der Waals surface area contributed by atoms with Gasteiger partial charge in [-0.1, -0.05) is 24.1 Å². The summed E-state index contributed by atoms with van der Waals surface area (Å²) in [6.07, 6.45) is 6.90. The summed E-state index contributed by atoms with van der Waals surface area (Å²) in [4.78, 5) is 18.0. The maximum absolute atomic E-state index is 12.3. The fraction of sp³-hybridized carbons (Fsp3) is 0.111. The van der Waals surface area contributed by atoms with Crippen molar-refractivity contribution in [2.45, 2.75) is 6.54 Å². The van der Waals surface area contributed by atoms with E-state index in [1.165, 1.54) is 11.3 Å². The number of benzene rings is 1. The van der Waals surface area contributed by atoms with E-state index in [4.69, 9.17) is 11.2 Å². The maximum Gasteiger partial charge on any atom is 0.261 e. The minimum Gasteiger partial charge on any atom is -0.481 e. The first-order valence-corrected chi connectivity index (χ1v) is 7.86. The van der Waals surface area contributed by atoms with Gasteiger partial charge in [0.05, 0.1) is 4.88 Å². The molecule has 0 atom stereocenters. The molecule has 0 fully saturated rings. The monoisotopic (exact) mass is 322 g/mol. The van der Waals surface area contributed by atoms with Crippen molar-refractivity contribution in [1.29, 1.82) is 0 Å². The molecule has 114 valence electrons. The predicted octanol–water partition coefficient (Wildman–Crippen LogP) is 3.24. The second-order valence-corrected chi connectivity index (χ2v) is 5.86. The van der Waals surface area contributed by atoms with Crippen LogP contribution in [-0.2, 0) is 6.54 Å². The largest absolute Gasteiger partial charge is 0.481 e. The highest BCUT2D eigenvalue weighted by atomic mass is 32.1. The number of nitrogens with one attached hydrogen (secondary N) is 1. The Bertz CT molecular complexity index is 847. The normalized spacial score (nSPS) is 10.2. The van der Waals surface area contributed by atoms with Crippen LogP contribution in [0.25, 0.3) is 10.2 Å².